The van der Waals surface area contributed by atoms with Crippen LogP contribution in [0.2, 0.25) is 0 Å². The van der Waals surface area contributed by atoms with Crippen molar-refractivity contribution in [3.8, 4) is 23.0 Å². The Morgan fingerprint density at radius 2 is 1.60 bits per heavy atom. The minimum atomic E-state index is 0.138. The van der Waals surface area contributed by atoms with Crippen molar-refractivity contribution in [3.63, 3.8) is 0 Å². The van der Waals surface area contributed by atoms with Crippen molar-refractivity contribution < 1.29 is 9.47 Å². The van der Waals surface area contributed by atoms with Gasteiger partial charge in [0.05, 0.1) is 19.8 Å². The molecule has 106 valence electrons. The molecular formula is C16H20N2O2. The number of benzene rings is 1. The average Bonchev–Trinajstić information content (AvgIpc) is 2.45. The SMILES string of the molecule is COc1ncc(-c2ccc(C(C)(C)C)cc2)c(OC)n1. The standard InChI is InChI=1S/C16H20N2O2/c1-16(2,3)12-8-6-11(7-9-12)13-10-17-15(20-5)18-14(13)19-4/h6-10H,1-5H3. The molecule has 0 aliphatic rings. The third-order valence-electron chi connectivity index (χ3n) is 3.17. The highest BCUT2D eigenvalue weighted by Gasteiger charge is 2.15. The van der Waals surface area contributed by atoms with Gasteiger partial charge < -0.3 is 9.47 Å². The summed E-state index contributed by atoms with van der Waals surface area (Å²) in [5.74, 6) is 0.514. The highest BCUT2D eigenvalue weighted by atomic mass is 16.5. The van der Waals surface area contributed by atoms with E-state index in [1.165, 1.54) is 12.7 Å². The summed E-state index contributed by atoms with van der Waals surface area (Å²) < 4.78 is 10.3. The van der Waals surface area contributed by atoms with E-state index in [4.69, 9.17) is 9.47 Å². The predicted molar refractivity (Wildman–Crippen MR) is 79.3 cm³/mol. The van der Waals surface area contributed by atoms with Gasteiger partial charge in [0, 0.05) is 6.20 Å². The van der Waals surface area contributed by atoms with Gasteiger partial charge in [-0.15, -0.1) is 0 Å². The molecule has 0 bridgehead atoms. The topological polar surface area (TPSA) is 44.2 Å². The summed E-state index contributed by atoms with van der Waals surface area (Å²) >= 11 is 0. The fourth-order valence-electron chi connectivity index (χ4n) is 1.95. The fourth-order valence-corrected chi connectivity index (χ4v) is 1.95. The number of hydrogen-bond acceptors (Lipinski definition) is 4. The average molecular weight is 272 g/mol. The van der Waals surface area contributed by atoms with Crippen LogP contribution in [-0.4, -0.2) is 24.2 Å². The van der Waals surface area contributed by atoms with Gasteiger partial charge in [-0.2, -0.15) is 4.98 Å². The second-order valence-corrected chi connectivity index (χ2v) is 5.61. The van der Waals surface area contributed by atoms with E-state index in [-0.39, 0.29) is 5.41 Å². The quantitative estimate of drug-likeness (QED) is 0.858. The number of hydrogen-bond donors (Lipinski definition) is 0. The molecule has 0 aliphatic carbocycles. The van der Waals surface area contributed by atoms with Crippen molar-refractivity contribution >= 4 is 0 Å². The largest absolute Gasteiger partial charge is 0.480 e. The second-order valence-electron chi connectivity index (χ2n) is 5.61. The van der Waals surface area contributed by atoms with Crippen LogP contribution in [0.1, 0.15) is 26.3 Å². The van der Waals surface area contributed by atoms with Gasteiger partial charge in [0.25, 0.3) is 0 Å². The molecule has 0 fully saturated rings. The van der Waals surface area contributed by atoms with Crippen molar-refractivity contribution in [1.29, 1.82) is 0 Å². The minimum Gasteiger partial charge on any atom is -0.480 e. The minimum absolute atomic E-state index is 0.138. The van der Waals surface area contributed by atoms with E-state index < -0.39 is 0 Å². The van der Waals surface area contributed by atoms with E-state index in [0.29, 0.717) is 11.9 Å². The molecule has 0 amide bonds. The molecule has 4 heteroatoms. The van der Waals surface area contributed by atoms with Crippen molar-refractivity contribution in [1.82, 2.24) is 9.97 Å². The first-order valence-electron chi connectivity index (χ1n) is 6.51. The van der Waals surface area contributed by atoms with Gasteiger partial charge in [-0.3, -0.25) is 0 Å². The van der Waals surface area contributed by atoms with Gasteiger partial charge >= 0.3 is 6.01 Å². The molecular weight excluding hydrogens is 252 g/mol. The van der Waals surface area contributed by atoms with Gasteiger partial charge in [0.2, 0.25) is 5.88 Å². The number of nitrogens with zero attached hydrogens (tertiary/aromatic N) is 2. The maximum absolute atomic E-state index is 5.31. The van der Waals surface area contributed by atoms with E-state index in [9.17, 15) is 0 Å². The molecule has 0 unspecified atom stereocenters. The third kappa shape index (κ3) is 2.90. The second kappa shape index (κ2) is 5.49. The summed E-state index contributed by atoms with van der Waals surface area (Å²) in [6.45, 7) is 6.58. The first-order chi connectivity index (χ1) is 9.45. The number of ether oxygens (including phenoxy) is 2. The van der Waals surface area contributed by atoms with Crippen LogP contribution in [0.15, 0.2) is 30.5 Å². The lowest BCUT2D eigenvalue weighted by Gasteiger charge is -2.19. The van der Waals surface area contributed by atoms with Crippen molar-refractivity contribution in [2.75, 3.05) is 14.2 Å². The number of methoxy groups -OCH3 is 2. The summed E-state index contributed by atoms with van der Waals surface area (Å²) in [7, 11) is 3.13. The monoisotopic (exact) mass is 272 g/mol. The zero-order chi connectivity index (χ0) is 14.8. The molecule has 0 saturated carbocycles. The lowest BCUT2D eigenvalue weighted by Crippen LogP contribution is -2.10. The zero-order valence-corrected chi connectivity index (χ0v) is 12.6. The molecule has 0 radical (unpaired) electrons. The van der Waals surface area contributed by atoms with Crippen molar-refractivity contribution in [3.05, 3.63) is 36.0 Å². The number of aromatic nitrogens is 2. The Morgan fingerprint density at radius 3 is 2.10 bits per heavy atom. The van der Waals surface area contributed by atoms with Gasteiger partial charge in [0.1, 0.15) is 0 Å². The molecule has 2 aromatic rings. The third-order valence-corrected chi connectivity index (χ3v) is 3.17. The van der Waals surface area contributed by atoms with Gasteiger partial charge in [-0.05, 0) is 16.5 Å². The van der Waals surface area contributed by atoms with Crippen LogP contribution in [-0.2, 0) is 5.41 Å². The van der Waals surface area contributed by atoms with Crippen molar-refractivity contribution in [2.45, 2.75) is 26.2 Å². The molecule has 1 aromatic heterocycles. The Labute approximate surface area is 119 Å². The Morgan fingerprint density at radius 1 is 0.950 bits per heavy atom. The maximum atomic E-state index is 5.31. The Kier molecular flexibility index (Phi) is 3.93. The molecule has 0 atom stereocenters. The molecule has 2 rings (SSSR count). The van der Waals surface area contributed by atoms with E-state index in [0.717, 1.165) is 11.1 Å². The van der Waals surface area contributed by atoms with Crippen LogP contribution in [0.25, 0.3) is 11.1 Å². The molecule has 1 heterocycles. The Hall–Kier alpha value is -2.10. The van der Waals surface area contributed by atoms with Gasteiger partial charge in [0.15, 0.2) is 0 Å². The fraction of sp³-hybridized carbons (Fsp3) is 0.375. The number of rotatable bonds is 3. The van der Waals surface area contributed by atoms with E-state index in [2.05, 4.69) is 55.0 Å². The molecule has 4 nitrogen and oxygen atoms in total. The molecule has 1 aromatic carbocycles. The van der Waals surface area contributed by atoms with Crippen molar-refractivity contribution in [2.24, 2.45) is 0 Å². The van der Waals surface area contributed by atoms with Crippen LogP contribution >= 0.6 is 0 Å². The molecule has 0 aliphatic heterocycles. The summed E-state index contributed by atoms with van der Waals surface area (Å²) in [6.07, 6.45) is 1.72. The van der Waals surface area contributed by atoms with Crippen LogP contribution in [0, 0.1) is 0 Å². The summed E-state index contributed by atoms with van der Waals surface area (Å²) in [5, 5.41) is 0. The highest BCUT2D eigenvalue weighted by Crippen LogP contribution is 2.31. The first-order valence-corrected chi connectivity index (χ1v) is 6.51. The maximum Gasteiger partial charge on any atom is 0.319 e. The Bertz CT molecular complexity index is 586. The summed E-state index contributed by atoms with van der Waals surface area (Å²) in [5.41, 5.74) is 3.31. The molecule has 0 spiro atoms. The van der Waals surface area contributed by atoms with Crippen LogP contribution < -0.4 is 9.47 Å². The smallest absolute Gasteiger partial charge is 0.319 e. The molecule has 20 heavy (non-hydrogen) atoms. The van der Waals surface area contributed by atoms with E-state index in [1.807, 2.05) is 0 Å². The van der Waals surface area contributed by atoms with Gasteiger partial charge in [-0.25, -0.2) is 4.98 Å². The summed E-state index contributed by atoms with van der Waals surface area (Å²) in [6, 6.07) is 8.68. The molecule has 0 N–H and O–H groups in total. The van der Waals surface area contributed by atoms with Crippen LogP contribution in [0.5, 0.6) is 11.9 Å². The highest BCUT2D eigenvalue weighted by molar-refractivity contribution is 5.68. The summed E-state index contributed by atoms with van der Waals surface area (Å²) in [4.78, 5) is 8.34. The van der Waals surface area contributed by atoms with E-state index >= 15 is 0 Å². The lowest BCUT2D eigenvalue weighted by molar-refractivity contribution is 0.353. The van der Waals surface area contributed by atoms with E-state index in [1.54, 1.807) is 13.3 Å². The van der Waals surface area contributed by atoms with Crippen LogP contribution in [0.4, 0.5) is 0 Å². The van der Waals surface area contributed by atoms with Gasteiger partial charge in [-0.1, -0.05) is 45.0 Å². The lowest BCUT2D eigenvalue weighted by atomic mass is 9.86. The predicted octanol–water partition coefficient (Wildman–Crippen LogP) is 3.46. The molecule has 0 saturated heterocycles. The normalized spacial score (nSPS) is 11.2. The Balaban J connectivity index is 2.41. The first kappa shape index (κ1) is 14.3. The zero-order valence-electron chi connectivity index (χ0n) is 12.6. The van der Waals surface area contributed by atoms with Crippen LogP contribution in [0.3, 0.4) is 0 Å².